The van der Waals surface area contributed by atoms with Gasteiger partial charge in [0.15, 0.2) is 18.1 Å². The number of hydrogen-bond acceptors (Lipinski definition) is 5. The third kappa shape index (κ3) is 10.3. The Balaban J connectivity index is 2.29. The molecule has 0 unspecified atom stereocenters. The highest BCUT2D eigenvalue weighted by molar-refractivity contribution is 5.87. The van der Waals surface area contributed by atoms with Gasteiger partial charge in [-0.05, 0) is 30.2 Å². The van der Waals surface area contributed by atoms with Crippen LogP contribution in [0.2, 0.25) is 0 Å². The van der Waals surface area contributed by atoms with Crippen LogP contribution < -0.4 is 9.47 Å². The van der Waals surface area contributed by atoms with Crippen molar-refractivity contribution < 1.29 is 19.0 Å². The Hall–Kier alpha value is -2.48. The van der Waals surface area contributed by atoms with Crippen molar-refractivity contribution in [1.29, 1.82) is 5.26 Å². The molecule has 0 fully saturated rings. The average molecular weight is 373 g/mol. The van der Waals surface area contributed by atoms with E-state index in [-0.39, 0.29) is 12.6 Å². The molecule has 0 amide bonds. The van der Waals surface area contributed by atoms with Crippen LogP contribution in [0.3, 0.4) is 0 Å². The molecule has 0 atom stereocenters. The van der Waals surface area contributed by atoms with E-state index in [1.165, 1.54) is 51.7 Å². The second kappa shape index (κ2) is 14.7. The molecule has 0 radical (unpaired) electrons. The molecule has 27 heavy (non-hydrogen) atoms. The van der Waals surface area contributed by atoms with Gasteiger partial charge in [-0.1, -0.05) is 57.9 Å². The number of nitrogens with zero attached hydrogens (tertiary/aromatic N) is 1. The molecule has 0 N–H and O–H groups in total. The van der Waals surface area contributed by atoms with Crippen molar-refractivity contribution in [2.24, 2.45) is 0 Å². The topological polar surface area (TPSA) is 68.6 Å². The number of hydrogen-bond donors (Lipinski definition) is 0. The number of esters is 1. The molecule has 0 aromatic heterocycles. The van der Waals surface area contributed by atoms with Crippen molar-refractivity contribution in [1.82, 2.24) is 0 Å². The fourth-order valence-electron chi connectivity index (χ4n) is 2.64. The van der Waals surface area contributed by atoms with Crippen LogP contribution in [0.5, 0.6) is 11.5 Å². The Labute approximate surface area is 162 Å². The lowest BCUT2D eigenvalue weighted by atomic mass is 10.1. The zero-order valence-corrected chi connectivity index (χ0v) is 16.5. The maximum atomic E-state index is 11.8. The molecule has 148 valence electrons. The van der Waals surface area contributed by atoms with Crippen molar-refractivity contribution >= 4 is 12.0 Å². The predicted molar refractivity (Wildman–Crippen MR) is 107 cm³/mol. The van der Waals surface area contributed by atoms with E-state index in [0.29, 0.717) is 18.1 Å². The van der Waals surface area contributed by atoms with Crippen LogP contribution in [0.15, 0.2) is 24.3 Å². The molecule has 1 aromatic carbocycles. The smallest absolute Gasteiger partial charge is 0.330 e. The van der Waals surface area contributed by atoms with Crippen molar-refractivity contribution in [2.75, 3.05) is 20.3 Å². The minimum atomic E-state index is -0.353. The summed E-state index contributed by atoms with van der Waals surface area (Å²) in [5, 5.41) is 8.63. The largest absolute Gasteiger partial charge is 0.493 e. The van der Waals surface area contributed by atoms with Crippen molar-refractivity contribution in [3.05, 3.63) is 29.8 Å². The minimum Gasteiger partial charge on any atom is -0.493 e. The summed E-state index contributed by atoms with van der Waals surface area (Å²) in [4.78, 5) is 11.8. The van der Waals surface area contributed by atoms with Crippen molar-refractivity contribution in [3.63, 3.8) is 0 Å². The first-order valence-electron chi connectivity index (χ1n) is 9.74. The second-order valence-electron chi connectivity index (χ2n) is 6.33. The Bertz CT molecular complexity index is 619. The van der Waals surface area contributed by atoms with Gasteiger partial charge in [0.25, 0.3) is 0 Å². The molecule has 5 nitrogen and oxygen atoms in total. The highest BCUT2D eigenvalue weighted by Gasteiger charge is 2.05. The SMILES string of the molecule is CCCCCCCCCCOC(=O)/C=C/c1ccc(OC)c(OCC#N)c1. The highest BCUT2D eigenvalue weighted by atomic mass is 16.5. The number of nitriles is 1. The van der Waals surface area contributed by atoms with E-state index < -0.39 is 0 Å². The second-order valence-corrected chi connectivity index (χ2v) is 6.33. The molecule has 1 aromatic rings. The number of benzene rings is 1. The summed E-state index contributed by atoms with van der Waals surface area (Å²) < 4.78 is 15.7. The van der Waals surface area contributed by atoms with Gasteiger partial charge in [0.1, 0.15) is 6.07 Å². The van der Waals surface area contributed by atoms with E-state index in [1.807, 2.05) is 6.07 Å². The van der Waals surface area contributed by atoms with Crippen LogP contribution in [-0.4, -0.2) is 26.3 Å². The molecule has 1 rings (SSSR count). The van der Waals surface area contributed by atoms with E-state index >= 15 is 0 Å². The van der Waals surface area contributed by atoms with Crippen molar-refractivity contribution in [3.8, 4) is 17.6 Å². The summed E-state index contributed by atoms with van der Waals surface area (Å²) in [5.74, 6) is 0.654. The number of carbonyl (C=O) groups is 1. The quantitative estimate of drug-likeness (QED) is 0.252. The number of ether oxygens (including phenoxy) is 3. The van der Waals surface area contributed by atoms with Crippen molar-refractivity contribution in [2.45, 2.75) is 58.3 Å². The first-order valence-corrected chi connectivity index (χ1v) is 9.74. The maximum Gasteiger partial charge on any atom is 0.330 e. The average Bonchev–Trinajstić information content (AvgIpc) is 2.69. The lowest BCUT2D eigenvalue weighted by Crippen LogP contribution is -2.02. The number of unbranched alkanes of at least 4 members (excludes halogenated alkanes) is 7. The van der Waals surface area contributed by atoms with Crippen LogP contribution in [-0.2, 0) is 9.53 Å². The lowest BCUT2D eigenvalue weighted by molar-refractivity contribution is -0.137. The standard InChI is InChI=1S/C22H31NO4/c1-3-4-5-6-7-8-9-10-16-27-22(24)14-12-19-11-13-20(25-2)21(18-19)26-17-15-23/h11-14,18H,3-10,16-17H2,1-2H3/b14-12+. The molecule has 0 aliphatic carbocycles. The van der Waals surface area contributed by atoms with Crippen LogP contribution in [0.25, 0.3) is 6.08 Å². The van der Waals surface area contributed by atoms with E-state index in [4.69, 9.17) is 19.5 Å². The van der Waals surface area contributed by atoms with Crippen LogP contribution in [0.1, 0.15) is 63.9 Å². The molecular formula is C22H31NO4. The number of methoxy groups -OCH3 is 1. The van der Waals surface area contributed by atoms with Crippen LogP contribution in [0, 0.1) is 11.3 Å². The van der Waals surface area contributed by atoms with E-state index in [2.05, 4.69) is 6.92 Å². The van der Waals surface area contributed by atoms with Gasteiger partial charge in [-0.2, -0.15) is 5.26 Å². The Kier molecular flexibility index (Phi) is 12.3. The van der Waals surface area contributed by atoms with Gasteiger partial charge in [-0.15, -0.1) is 0 Å². The molecule has 0 saturated carbocycles. The fraction of sp³-hybridized carbons (Fsp3) is 0.545. The molecular weight excluding hydrogens is 342 g/mol. The lowest BCUT2D eigenvalue weighted by Gasteiger charge is -2.08. The van der Waals surface area contributed by atoms with Crippen LogP contribution >= 0.6 is 0 Å². The van der Waals surface area contributed by atoms with Gasteiger partial charge in [-0.3, -0.25) is 0 Å². The summed E-state index contributed by atoms with van der Waals surface area (Å²) in [6.07, 6.45) is 12.8. The zero-order valence-electron chi connectivity index (χ0n) is 16.5. The molecule has 5 heteroatoms. The minimum absolute atomic E-state index is 0.0653. The predicted octanol–water partition coefficient (Wildman–Crippen LogP) is 5.29. The van der Waals surface area contributed by atoms with E-state index in [1.54, 1.807) is 24.3 Å². The molecule has 0 saturated heterocycles. The third-order valence-corrected chi connectivity index (χ3v) is 4.13. The zero-order chi connectivity index (χ0) is 19.7. The number of carbonyl (C=O) groups excluding carboxylic acids is 1. The molecule has 0 spiro atoms. The summed E-state index contributed by atoms with van der Waals surface area (Å²) in [6, 6.07) is 7.18. The Morgan fingerprint density at radius 3 is 2.44 bits per heavy atom. The molecule has 0 aliphatic heterocycles. The summed E-state index contributed by atoms with van der Waals surface area (Å²) in [6.45, 7) is 2.61. The normalized spacial score (nSPS) is 10.6. The summed E-state index contributed by atoms with van der Waals surface area (Å²) in [5.41, 5.74) is 0.771. The van der Waals surface area contributed by atoms with Gasteiger partial charge < -0.3 is 14.2 Å². The molecule has 0 bridgehead atoms. The Morgan fingerprint density at radius 2 is 1.78 bits per heavy atom. The molecule has 0 heterocycles. The summed E-state index contributed by atoms with van der Waals surface area (Å²) >= 11 is 0. The maximum absolute atomic E-state index is 11.8. The van der Waals surface area contributed by atoms with E-state index in [0.717, 1.165) is 18.4 Å². The summed E-state index contributed by atoms with van der Waals surface area (Å²) in [7, 11) is 1.53. The van der Waals surface area contributed by atoms with E-state index in [9.17, 15) is 4.79 Å². The van der Waals surface area contributed by atoms with Gasteiger partial charge >= 0.3 is 5.97 Å². The number of rotatable bonds is 14. The van der Waals surface area contributed by atoms with Gasteiger partial charge in [-0.25, -0.2) is 4.79 Å². The monoisotopic (exact) mass is 373 g/mol. The highest BCUT2D eigenvalue weighted by Crippen LogP contribution is 2.28. The first-order chi connectivity index (χ1) is 13.2. The Morgan fingerprint density at radius 1 is 1.07 bits per heavy atom. The van der Waals surface area contributed by atoms with Gasteiger partial charge in [0.2, 0.25) is 0 Å². The molecule has 0 aliphatic rings. The third-order valence-electron chi connectivity index (χ3n) is 4.13. The first kappa shape index (κ1) is 22.6. The van der Waals surface area contributed by atoms with Gasteiger partial charge in [0, 0.05) is 6.08 Å². The van der Waals surface area contributed by atoms with Crippen LogP contribution in [0.4, 0.5) is 0 Å². The fourth-order valence-corrected chi connectivity index (χ4v) is 2.64. The van der Waals surface area contributed by atoms with Gasteiger partial charge in [0.05, 0.1) is 13.7 Å².